The van der Waals surface area contributed by atoms with Crippen molar-refractivity contribution in [1.29, 1.82) is 5.26 Å². The zero-order valence-corrected chi connectivity index (χ0v) is 20.6. The first-order chi connectivity index (χ1) is 17.5. The standard InChI is InChI=1S/C33H25N3/c1-21-22(2)35-23(3)36-32(21)25-15-17-29-28-16-14-24(20-34)18-30(28)33(31(29)19-25,26-10-6-4-7-11-26)27-12-8-5-9-13-27/h4-19H,1-3H3. The maximum absolute atomic E-state index is 9.81. The first-order valence-electron chi connectivity index (χ1n) is 12.2. The van der Waals surface area contributed by atoms with E-state index >= 15 is 0 Å². The number of fused-ring (bicyclic) bond motifs is 3. The van der Waals surface area contributed by atoms with Crippen molar-refractivity contribution in [2.45, 2.75) is 26.2 Å². The Bertz CT molecular complexity index is 1620. The zero-order chi connectivity index (χ0) is 24.9. The van der Waals surface area contributed by atoms with E-state index in [4.69, 9.17) is 4.98 Å². The van der Waals surface area contributed by atoms with Crippen LogP contribution in [-0.4, -0.2) is 9.97 Å². The van der Waals surface area contributed by atoms with Gasteiger partial charge in [0.25, 0.3) is 0 Å². The monoisotopic (exact) mass is 463 g/mol. The highest BCUT2D eigenvalue weighted by atomic mass is 14.9. The fraction of sp³-hybridized carbons (Fsp3) is 0.121. The molecule has 36 heavy (non-hydrogen) atoms. The second-order valence-electron chi connectivity index (χ2n) is 9.44. The third-order valence-electron chi connectivity index (χ3n) is 7.45. The smallest absolute Gasteiger partial charge is 0.126 e. The molecule has 1 aromatic heterocycles. The van der Waals surface area contributed by atoms with Crippen LogP contribution in [0.1, 0.15) is 44.9 Å². The summed E-state index contributed by atoms with van der Waals surface area (Å²) in [5, 5.41) is 9.81. The summed E-state index contributed by atoms with van der Waals surface area (Å²) in [5.74, 6) is 0.771. The van der Waals surface area contributed by atoms with E-state index in [2.05, 4.69) is 109 Å². The summed E-state index contributed by atoms with van der Waals surface area (Å²) in [6.07, 6.45) is 0. The van der Waals surface area contributed by atoms with Crippen LogP contribution in [-0.2, 0) is 5.41 Å². The van der Waals surface area contributed by atoms with Crippen molar-refractivity contribution in [3.8, 4) is 28.5 Å². The minimum Gasteiger partial charge on any atom is -0.238 e. The minimum atomic E-state index is -0.554. The summed E-state index contributed by atoms with van der Waals surface area (Å²) in [5.41, 5.74) is 11.3. The van der Waals surface area contributed by atoms with Gasteiger partial charge in [-0.05, 0) is 77.9 Å². The number of rotatable bonds is 3. The van der Waals surface area contributed by atoms with Crippen LogP contribution in [0.3, 0.4) is 0 Å². The fourth-order valence-corrected chi connectivity index (χ4v) is 5.76. The normalized spacial score (nSPS) is 13.1. The quantitative estimate of drug-likeness (QED) is 0.277. The molecule has 1 heterocycles. The number of aromatic nitrogens is 2. The Morgan fingerprint density at radius 1 is 0.667 bits per heavy atom. The van der Waals surface area contributed by atoms with Gasteiger partial charge in [0.1, 0.15) is 5.82 Å². The van der Waals surface area contributed by atoms with Crippen LogP contribution in [0, 0.1) is 32.1 Å². The fourth-order valence-electron chi connectivity index (χ4n) is 5.76. The number of benzene rings is 4. The van der Waals surface area contributed by atoms with E-state index in [1.165, 1.54) is 22.3 Å². The van der Waals surface area contributed by atoms with E-state index in [1.54, 1.807) is 0 Å². The highest BCUT2D eigenvalue weighted by molar-refractivity contribution is 5.88. The minimum absolute atomic E-state index is 0.554. The van der Waals surface area contributed by atoms with Crippen molar-refractivity contribution in [1.82, 2.24) is 9.97 Å². The highest BCUT2D eigenvalue weighted by Gasteiger charge is 2.46. The molecule has 4 aromatic carbocycles. The van der Waals surface area contributed by atoms with Gasteiger partial charge in [0.05, 0.1) is 22.7 Å². The molecule has 1 aliphatic rings. The van der Waals surface area contributed by atoms with Crippen molar-refractivity contribution in [2.24, 2.45) is 0 Å². The van der Waals surface area contributed by atoms with Gasteiger partial charge in [0.15, 0.2) is 0 Å². The van der Waals surface area contributed by atoms with Crippen molar-refractivity contribution in [3.63, 3.8) is 0 Å². The van der Waals surface area contributed by atoms with Crippen LogP contribution in [0.25, 0.3) is 22.4 Å². The molecule has 0 atom stereocenters. The molecular weight excluding hydrogens is 438 g/mol. The van der Waals surface area contributed by atoms with Gasteiger partial charge in [0, 0.05) is 11.3 Å². The molecule has 172 valence electrons. The Balaban J connectivity index is 1.75. The van der Waals surface area contributed by atoms with Crippen LogP contribution in [0.4, 0.5) is 0 Å². The lowest BCUT2D eigenvalue weighted by molar-refractivity contribution is 0.768. The summed E-state index contributed by atoms with van der Waals surface area (Å²) in [7, 11) is 0. The lowest BCUT2D eigenvalue weighted by Crippen LogP contribution is -2.28. The summed E-state index contributed by atoms with van der Waals surface area (Å²) in [6.45, 7) is 6.08. The molecule has 5 aromatic rings. The second-order valence-corrected chi connectivity index (χ2v) is 9.44. The lowest BCUT2D eigenvalue weighted by atomic mass is 9.67. The first-order valence-corrected chi connectivity index (χ1v) is 12.2. The Kier molecular flexibility index (Phi) is 5.05. The Morgan fingerprint density at radius 2 is 1.25 bits per heavy atom. The topological polar surface area (TPSA) is 49.6 Å². The number of aryl methyl sites for hydroxylation is 2. The lowest BCUT2D eigenvalue weighted by Gasteiger charge is -2.34. The summed E-state index contributed by atoms with van der Waals surface area (Å²) < 4.78 is 0. The van der Waals surface area contributed by atoms with E-state index in [9.17, 15) is 5.26 Å². The molecule has 0 aliphatic heterocycles. The van der Waals surface area contributed by atoms with Gasteiger partial charge in [-0.15, -0.1) is 0 Å². The predicted octanol–water partition coefficient (Wildman–Crippen LogP) is 7.30. The van der Waals surface area contributed by atoms with Crippen LogP contribution >= 0.6 is 0 Å². The molecule has 0 N–H and O–H groups in total. The van der Waals surface area contributed by atoms with E-state index in [0.29, 0.717) is 5.56 Å². The molecule has 6 rings (SSSR count). The third-order valence-corrected chi connectivity index (χ3v) is 7.45. The molecular formula is C33H25N3. The zero-order valence-electron chi connectivity index (χ0n) is 20.6. The molecule has 0 spiro atoms. The molecule has 3 nitrogen and oxygen atoms in total. The predicted molar refractivity (Wildman–Crippen MR) is 144 cm³/mol. The molecule has 0 fully saturated rings. The van der Waals surface area contributed by atoms with Crippen LogP contribution in [0.2, 0.25) is 0 Å². The Labute approximate surface area is 211 Å². The van der Waals surface area contributed by atoms with Crippen LogP contribution in [0.15, 0.2) is 97.1 Å². The van der Waals surface area contributed by atoms with Gasteiger partial charge in [-0.3, -0.25) is 0 Å². The average molecular weight is 464 g/mol. The van der Waals surface area contributed by atoms with Crippen molar-refractivity contribution >= 4 is 0 Å². The highest BCUT2D eigenvalue weighted by Crippen LogP contribution is 2.56. The summed E-state index contributed by atoms with van der Waals surface area (Å²) in [6, 6.07) is 36.4. The second kappa shape index (κ2) is 8.29. The van der Waals surface area contributed by atoms with E-state index in [0.717, 1.165) is 39.5 Å². The van der Waals surface area contributed by atoms with E-state index < -0.39 is 5.41 Å². The van der Waals surface area contributed by atoms with Gasteiger partial charge >= 0.3 is 0 Å². The van der Waals surface area contributed by atoms with Crippen molar-refractivity contribution in [2.75, 3.05) is 0 Å². The van der Waals surface area contributed by atoms with Gasteiger partial charge in [-0.2, -0.15) is 5.26 Å². The van der Waals surface area contributed by atoms with Gasteiger partial charge in [-0.25, -0.2) is 9.97 Å². The summed E-state index contributed by atoms with van der Waals surface area (Å²) >= 11 is 0. The molecule has 0 unspecified atom stereocenters. The van der Waals surface area contributed by atoms with Gasteiger partial charge in [0.2, 0.25) is 0 Å². The van der Waals surface area contributed by atoms with Crippen LogP contribution < -0.4 is 0 Å². The average Bonchev–Trinajstić information content (AvgIpc) is 3.21. The van der Waals surface area contributed by atoms with E-state index in [1.807, 2.05) is 19.9 Å². The molecule has 0 amide bonds. The Hall–Kier alpha value is -4.55. The van der Waals surface area contributed by atoms with Gasteiger partial charge < -0.3 is 0 Å². The molecule has 0 bridgehead atoms. The maximum Gasteiger partial charge on any atom is 0.126 e. The molecule has 0 radical (unpaired) electrons. The number of nitriles is 1. The SMILES string of the molecule is Cc1nc(C)c(C)c(-c2ccc3c(c2)C(c2ccccc2)(c2ccccc2)c2cc(C#N)ccc2-3)n1. The van der Waals surface area contributed by atoms with Crippen molar-refractivity contribution in [3.05, 3.63) is 142 Å². The maximum atomic E-state index is 9.81. The van der Waals surface area contributed by atoms with Gasteiger partial charge in [-0.1, -0.05) is 78.9 Å². The first kappa shape index (κ1) is 21.9. The van der Waals surface area contributed by atoms with E-state index in [-0.39, 0.29) is 0 Å². The third kappa shape index (κ3) is 3.12. The molecule has 1 aliphatic carbocycles. The molecule has 0 saturated carbocycles. The number of hydrogen-bond acceptors (Lipinski definition) is 3. The summed E-state index contributed by atoms with van der Waals surface area (Å²) in [4.78, 5) is 9.41. The largest absolute Gasteiger partial charge is 0.238 e. The molecule has 3 heteroatoms. The van der Waals surface area contributed by atoms with Crippen molar-refractivity contribution < 1.29 is 0 Å². The number of hydrogen-bond donors (Lipinski definition) is 0. The molecule has 0 saturated heterocycles. The van der Waals surface area contributed by atoms with Crippen LogP contribution in [0.5, 0.6) is 0 Å². The Morgan fingerprint density at radius 3 is 1.86 bits per heavy atom. The number of nitrogens with zero attached hydrogens (tertiary/aromatic N) is 3.